The van der Waals surface area contributed by atoms with Crippen molar-refractivity contribution in [1.82, 2.24) is 30.1 Å². The van der Waals surface area contributed by atoms with Crippen LogP contribution >= 0.6 is 0 Å². The summed E-state index contributed by atoms with van der Waals surface area (Å²) in [4.78, 5) is 43.0. The van der Waals surface area contributed by atoms with Gasteiger partial charge in [0.15, 0.2) is 0 Å². The second kappa shape index (κ2) is 13.3. The fraction of sp³-hybridized carbons (Fsp3) is 0.323. The second-order valence-corrected chi connectivity index (χ2v) is 10.4. The van der Waals surface area contributed by atoms with Gasteiger partial charge in [-0.15, -0.1) is 5.10 Å². The molecule has 0 bridgehead atoms. The maximum atomic E-state index is 13.5. The molecule has 11 heteroatoms. The highest BCUT2D eigenvalue weighted by Crippen LogP contribution is 2.17. The van der Waals surface area contributed by atoms with Crippen LogP contribution in [-0.4, -0.2) is 74.4 Å². The van der Waals surface area contributed by atoms with E-state index in [-0.39, 0.29) is 44.6 Å². The first-order valence-electron chi connectivity index (χ1n) is 14.0. The normalized spacial score (nSPS) is 15.8. The van der Waals surface area contributed by atoms with Crippen molar-refractivity contribution < 1.29 is 19.1 Å². The fourth-order valence-corrected chi connectivity index (χ4v) is 5.05. The number of nitrogens with zero attached hydrogens (tertiary/aromatic N) is 5. The summed E-state index contributed by atoms with van der Waals surface area (Å²) in [7, 11) is 1.81. The summed E-state index contributed by atoms with van der Waals surface area (Å²) in [6, 6.07) is 23.1. The number of fused-ring (bicyclic) bond motifs is 1. The molecule has 2 heterocycles. The van der Waals surface area contributed by atoms with Crippen molar-refractivity contribution >= 4 is 28.9 Å². The lowest BCUT2D eigenvalue weighted by atomic mass is 10.0. The van der Waals surface area contributed by atoms with Crippen molar-refractivity contribution in [2.45, 2.75) is 38.1 Å². The number of hydrogen-bond acceptors (Lipinski definition) is 7. The van der Waals surface area contributed by atoms with Gasteiger partial charge in [-0.1, -0.05) is 71.9 Å². The largest absolute Gasteiger partial charge is 0.445 e. The molecule has 1 fully saturated rings. The number of aryl methyl sites for hydroxylation is 2. The van der Waals surface area contributed by atoms with Crippen molar-refractivity contribution in [3.05, 3.63) is 95.6 Å². The minimum absolute atomic E-state index is 0.000201. The molecular formula is C31H35N7O4. The number of amides is 3. The Morgan fingerprint density at radius 3 is 2.43 bits per heavy atom. The molecule has 0 unspecified atom stereocenters. The van der Waals surface area contributed by atoms with Gasteiger partial charge in [-0.2, -0.15) is 0 Å². The van der Waals surface area contributed by atoms with Crippen molar-refractivity contribution in [2.75, 3.05) is 19.6 Å². The lowest BCUT2D eigenvalue weighted by molar-refractivity contribution is -0.144. The van der Waals surface area contributed by atoms with Gasteiger partial charge in [0.2, 0.25) is 11.8 Å². The van der Waals surface area contributed by atoms with Crippen molar-refractivity contribution in [3.8, 4) is 0 Å². The monoisotopic (exact) mass is 569 g/mol. The Morgan fingerprint density at radius 2 is 1.69 bits per heavy atom. The molecule has 2 atom stereocenters. The number of nitrogens with two attached hydrogens (primary N) is 1. The lowest BCUT2D eigenvalue weighted by Gasteiger charge is -2.41. The van der Waals surface area contributed by atoms with Gasteiger partial charge < -0.3 is 25.6 Å². The van der Waals surface area contributed by atoms with Gasteiger partial charge in [-0.05, 0) is 41.7 Å². The minimum atomic E-state index is -0.918. The first kappa shape index (κ1) is 28.7. The van der Waals surface area contributed by atoms with Crippen LogP contribution < -0.4 is 11.1 Å². The summed E-state index contributed by atoms with van der Waals surface area (Å²) in [6.07, 6.45) is 0.542. The van der Waals surface area contributed by atoms with E-state index in [2.05, 4.69) is 15.6 Å². The van der Waals surface area contributed by atoms with E-state index < -0.39 is 18.2 Å². The Morgan fingerprint density at radius 1 is 0.976 bits per heavy atom. The third kappa shape index (κ3) is 6.92. The zero-order valence-corrected chi connectivity index (χ0v) is 23.6. The predicted molar refractivity (Wildman–Crippen MR) is 157 cm³/mol. The fourth-order valence-electron chi connectivity index (χ4n) is 5.05. The van der Waals surface area contributed by atoms with Crippen molar-refractivity contribution in [2.24, 2.45) is 12.8 Å². The van der Waals surface area contributed by atoms with Gasteiger partial charge in [0, 0.05) is 26.7 Å². The van der Waals surface area contributed by atoms with E-state index in [4.69, 9.17) is 10.5 Å². The van der Waals surface area contributed by atoms with Crippen LogP contribution in [0.4, 0.5) is 4.79 Å². The summed E-state index contributed by atoms with van der Waals surface area (Å²) in [5.74, 6) is -0.692. The van der Waals surface area contributed by atoms with E-state index in [1.54, 1.807) is 4.68 Å². The highest BCUT2D eigenvalue weighted by Gasteiger charge is 2.39. The smallest absolute Gasteiger partial charge is 0.410 e. The number of rotatable bonds is 9. The van der Waals surface area contributed by atoms with Crippen LogP contribution in [0.15, 0.2) is 78.9 Å². The maximum absolute atomic E-state index is 13.5. The molecule has 0 aliphatic carbocycles. The van der Waals surface area contributed by atoms with Gasteiger partial charge in [-0.25, -0.2) is 9.48 Å². The summed E-state index contributed by atoms with van der Waals surface area (Å²) >= 11 is 0. The van der Waals surface area contributed by atoms with E-state index in [0.717, 1.165) is 27.7 Å². The number of aromatic nitrogens is 3. The highest BCUT2D eigenvalue weighted by molar-refractivity contribution is 5.90. The van der Waals surface area contributed by atoms with Crippen molar-refractivity contribution in [3.63, 3.8) is 0 Å². The first-order valence-corrected chi connectivity index (χ1v) is 14.0. The molecule has 42 heavy (non-hydrogen) atoms. The third-order valence-electron chi connectivity index (χ3n) is 7.48. The number of carbonyl (C=O) groups is 3. The Hall–Kier alpha value is -4.77. The third-order valence-corrected chi connectivity index (χ3v) is 7.48. The lowest BCUT2D eigenvalue weighted by Crippen LogP contribution is -2.63. The Bertz CT molecular complexity index is 1530. The molecule has 5 rings (SSSR count). The number of piperazine rings is 1. The molecule has 0 spiro atoms. The van der Waals surface area contributed by atoms with Crippen LogP contribution in [0, 0.1) is 0 Å². The topological polar surface area (TPSA) is 136 Å². The van der Waals surface area contributed by atoms with E-state index >= 15 is 0 Å². The number of nitrogens with one attached hydrogen (secondary N) is 1. The molecule has 3 amide bonds. The highest BCUT2D eigenvalue weighted by atomic mass is 16.6. The van der Waals surface area contributed by atoms with Crippen LogP contribution in [0.5, 0.6) is 0 Å². The summed E-state index contributed by atoms with van der Waals surface area (Å²) < 4.78 is 7.19. The predicted octanol–water partition coefficient (Wildman–Crippen LogP) is 2.39. The molecule has 11 nitrogen and oxygen atoms in total. The van der Waals surface area contributed by atoms with Gasteiger partial charge in [0.1, 0.15) is 18.2 Å². The Labute approximate surface area is 244 Å². The van der Waals surface area contributed by atoms with Crippen LogP contribution in [0.3, 0.4) is 0 Å². The van der Waals surface area contributed by atoms with Crippen molar-refractivity contribution in [1.29, 1.82) is 0 Å². The standard InChI is InChI=1S/C31H35N7O4/c1-36-27-15-13-24(18-26(27)34-35-36)19-33-29(39)28-20-37(31(41)42-21-23-10-6-3-7-11-23)16-17-38(28)30(40)25(32)14-12-22-8-4-2-5-9-22/h2-11,13,15,18,25,28H,12,14,16-17,19-21,32H2,1H3,(H,33,39)/t25-,28+/m1/s1. The minimum Gasteiger partial charge on any atom is -0.445 e. The molecule has 0 radical (unpaired) electrons. The first-order chi connectivity index (χ1) is 20.4. The van der Waals surface area contributed by atoms with Gasteiger partial charge in [0.05, 0.1) is 18.1 Å². The van der Waals surface area contributed by atoms with Crippen LogP contribution in [0.2, 0.25) is 0 Å². The van der Waals surface area contributed by atoms with Crippen LogP contribution in [0.1, 0.15) is 23.1 Å². The average molecular weight is 570 g/mol. The molecule has 218 valence electrons. The van der Waals surface area contributed by atoms with E-state index in [1.807, 2.05) is 85.9 Å². The molecule has 3 N–H and O–H groups in total. The number of ether oxygens (including phenoxy) is 1. The SMILES string of the molecule is Cn1nnc2cc(CNC(=O)[C@@H]3CN(C(=O)OCc4ccccc4)CCN3C(=O)[C@H](N)CCc3ccccc3)ccc21. The Kier molecular flexibility index (Phi) is 9.08. The summed E-state index contributed by atoms with van der Waals surface area (Å²) in [5, 5.41) is 11.1. The molecule has 1 aromatic heterocycles. The zero-order valence-electron chi connectivity index (χ0n) is 23.6. The number of carbonyl (C=O) groups excluding carboxylic acids is 3. The molecule has 0 saturated carbocycles. The number of benzene rings is 3. The molecule has 4 aromatic rings. The van der Waals surface area contributed by atoms with Gasteiger partial charge in [0.25, 0.3) is 0 Å². The summed E-state index contributed by atoms with van der Waals surface area (Å²) in [6.45, 7) is 0.743. The molecule has 1 saturated heterocycles. The average Bonchev–Trinajstić information content (AvgIpc) is 3.41. The summed E-state index contributed by atoms with van der Waals surface area (Å²) in [5.41, 5.74) is 10.7. The molecule has 1 aliphatic heterocycles. The number of hydrogen-bond donors (Lipinski definition) is 2. The van der Waals surface area contributed by atoms with Gasteiger partial charge >= 0.3 is 6.09 Å². The van der Waals surface area contributed by atoms with E-state index in [1.165, 1.54) is 9.80 Å². The molecular weight excluding hydrogens is 534 g/mol. The van der Waals surface area contributed by atoms with E-state index in [9.17, 15) is 14.4 Å². The zero-order chi connectivity index (χ0) is 29.5. The molecule has 3 aromatic carbocycles. The van der Waals surface area contributed by atoms with Crippen LogP contribution in [-0.2, 0) is 40.9 Å². The maximum Gasteiger partial charge on any atom is 0.410 e. The van der Waals surface area contributed by atoms with Crippen LogP contribution in [0.25, 0.3) is 11.0 Å². The van der Waals surface area contributed by atoms with E-state index in [0.29, 0.717) is 12.8 Å². The molecule has 1 aliphatic rings. The van der Waals surface area contributed by atoms with Gasteiger partial charge in [-0.3, -0.25) is 9.59 Å². The Balaban J connectivity index is 1.26. The quantitative estimate of drug-likeness (QED) is 0.316. The second-order valence-electron chi connectivity index (χ2n) is 10.4.